The zero-order valence-electron chi connectivity index (χ0n) is 11.6. The van der Waals surface area contributed by atoms with Gasteiger partial charge in [0.15, 0.2) is 5.76 Å². The van der Waals surface area contributed by atoms with Crippen LogP contribution in [0.4, 0.5) is 5.69 Å². The lowest BCUT2D eigenvalue weighted by molar-refractivity contribution is 0.0925. The van der Waals surface area contributed by atoms with Gasteiger partial charge in [0, 0.05) is 22.1 Å². The summed E-state index contributed by atoms with van der Waals surface area (Å²) in [6.07, 6.45) is 2.80. The largest absolute Gasteiger partial charge is 0.451 e. The minimum atomic E-state index is -0.252. The Hall–Kier alpha value is -2.34. The number of anilines is 1. The van der Waals surface area contributed by atoms with Gasteiger partial charge in [-0.05, 0) is 30.7 Å². The molecule has 21 heavy (non-hydrogen) atoms. The number of aryl methyl sites for hydroxylation is 1. The number of carbonyl (C=O) groups excluding carboxylic acids is 1. The molecule has 108 valence electrons. The van der Waals surface area contributed by atoms with Crippen LogP contribution in [0.25, 0.3) is 11.0 Å². The molecule has 0 saturated heterocycles. The fraction of sp³-hybridized carbons (Fsp3) is 0.200. The molecule has 0 saturated carbocycles. The fourth-order valence-electron chi connectivity index (χ4n) is 2.01. The highest BCUT2D eigenvalue weighted by Crippen LogP contribution is 2.22. The average Bonchev–Trinajstić information content (AvgIpc) is 3.10. The molecule has 0 radical (unpaired) electrons. The van der Waals surface area contributed by atoms with Crippen molar-refractivity contribution in [2.75, 3.05) is 5.73 Å². The number of nitrogens with one attached hydrogen (secondary N) is 1. The number of carbonyl (C=O) groups is 1. The Labute approximate surface area is 125 Å². The standard InChI is InChI=1S/C15H15N3O2S/c1-2-11-7-17-14(21-11)8-18-15(19)13-6-9-5-10(16)3-4-12(9)20-13/h3-7H,2,8,16H2,1H3,(H,18,19). The molecule has 3 N–H and O–H groups in total. The second kappa shape index (κ2) is 5.57. The SMILES string of the molecule is CCc1cnc(CNC(=O)c2cc3cc(N)ccc3o2)s1. The van der Waals surface area contributed by atoms with Crippen LogP contribution in [0.5, 0.6) is 0 Å². The van der Waals surface area contributed by atoms with Crippen LogP contribution in [-0.4, -0.2) is 10.9 Å². The summed E-state index contributed by atoms with van der Waals surface area (Å²) in [5.41, 5.74) is 7.00. The van der Waals surface area contributed by atoms with E-state index in [1.54, 1.807) is 35.6 Å². The first-order valence-corrected chi connectivity index (χ1v) is 7.48. The summed E-state index contributed by atoms with van der Waals surface area (Å²) in [6, 6.07) is 6.98. The fourth-order valence-corrected chi connectivity index (χ4v) is 2.81. The second-order valence-corrected chi connectivity index (χ2v) is 5.86. The predicted molar refractivity (Wildman–Crippen MR) is 83.3 cm³/mol. The molecular formula is C15H15N3O2S. The van der Waals surface area contributed by atoms with Crippen molar-refractivity contribution in [3.63, 3.8) is 0 Å². The van der Waals surface area contributed by atoms with Gasteiger partial charge in [-0.3, -0.25) is 4.79 Å². The molecule has 2 heterocycles. The lowest BCUT2D eigenvalue weighted by Crippen LogP contribution is -2.22. The minimum absolute atomic E-state index is 0.252. The van der Waals surface area contributed by atoms with E-state index in [1.807, 2.05) is 6.20 Å². The van der Waals surface area contributed by atoms with Crippen LogP contribution in [0, 0.1) is 0 Å². The normalized spacial score (nSPS) is 10.9. The third-order valence-corrected chi connectivity index (χ3v) is 4.26. The summed E-state index contributed by atoms with van der Waals surface area (Å²) in [6.45, 7) is 2.48. The third kappa shape index (κ3) is 2.90. The van der Waals surface area contributed by atoms with Crippen LogP contribution in [0.1, 0.15) is 27.4 Å². The van der Waals surface area contributed by atoms with Crippen LogP contribution in [0.15, 0.2) is 34.9 Å². The minimum Gasteiger partial charge on any atom is -0.451 e. The molecular weight excluding hydrogens is 286 g/mol. The van der Waals surface area contributed by atoms with Crippen LogP contribution in [0.3, 0.4) is 0 Å². The molecule has 0 bridgehead atoms. The lowest BCUT2D eigenvalue weighted by Gasteiger charge is -1.99. The molecule has 0 fully saturated rings. The van der Waals surface area contributed by atoms with Gasteiger partial charge in [0.25, 0.3) is 5.91 Å². The van der Waals surface area contributed by atoms with Gasteiger partial charge in [-0.15, -0.1) is 11.3 Å². The smallest absolute Gasteiger partial charge is 0.287 e. The molecule has 5 nitrogen and oxygen atoms in total. The summed E-state index contributed by atoms with van der Waals surface area (Å²) >= 11 is 1.60. The zero-order valence-corrected chi connectivity index (χ0v) is 12.4. The van der Waals surface area contributed by atoms with Crippen molar-refractivity contribution in [3.05, 3.63) is 46.1 Å². The number of nitrogen functional groups attached to an aromatic ring is 1. The topological polar surface area (TPSA) is 81.2 Å². The maximum Gasteiger partial charge on any atom is 0.287 e. The van der Waals surface area contributed by atoms with Crippen LogP contribution in [0.2, 0.25) is 0 Å². The van der Waals surface area contributed by atoms with Crippen LogP contribution >= 0.6 is 11.3 Å². The summed E-state index contributed by atoms with van der Waals surface area (Å²) in [5, 5.41) is 4.52. The van der Waals surface area contributed by atoms with Crippen molar-refractivity contribution < 1.29 is 9.21 Å². The Bertz CT molecular complexity index is 791. The molecule has 0 spiro atoms. The molecule has 1 aromatic carbocycles. The van der Waals surface area contributed by atoms with Crippen molar-refractivity contribution in [2.24, 2.45) is 0 Å². The van der Waals surface area contributed by atoms with E-state index in [9.17, 15) is 4.79 Å². The van der Waals surface area contributed by atoms with Gasteiger partial charge in [-0.2, -0.15) is 0 Å². The maximum absolute atomic E-state index is 12.1. The number of rotatable bonds is 4. The number of furan rings is 1. The predicted octanol–water partition coefficient (Wildman–Crippen LogP) is 2.96. The molecule has 0 aliphatic heterocycles. The highest BCUT2D eigenvalue weighted by Gasteiger charge is 2.12. The Morgan fingerprint density at radius 1 is 1.43 bits per heavy atom. The number of fused-ring (bicyclic) bond motifs is 1. The quantitative estimate of drug-likeness (QED) is 0.726. The highest BCUT2D eigenvalue weighted by molar-refractivity contribution is 7.11. The van der Waals surface area contributed by atoms with Crippen molar-refractivity contribution in [3.8, 4) is 0 Å². The van der Waals surface area contributed by atoms with E-state index in [1.165, 1.54) is 4.88 Å². The molecule has 1 amide bonds. The molecule has 0 unspecified atom stereocenters. The molecule has 0 aliphatic carbocycles. The van der Waals surface area contributed by atoms with Gasteiger partial charge in [0.1, 0.15) is 10.6 Å². The third-order valence-electron chi connectivity index (χ3n) is 3.11. The number of aromatic nitrogens is 1. The number of nitrogens with zero attached hydrogens (tertiary/aromatic N) is 1. The second-order valence-electron chi connectivity index (χ2n) is 4.66. The van der Waals surface area contributed by atoms with Crippen molar-refractivity contribution in [2.45, 2.75) is 19.9 Å². The van der Waals surface area contributed by atoms with Gasteiger partial charge in [0.2, 0.25) is 0 Å². The Morgan fingerprint density at radius 2 is 2.29 bits per heavy atom. The van der Waals surface area contributed by atoms with Crippen LogP contribution in [-0.2, 0) is 13.0 Å². The lowest BCUT2D eigenvalue weighted by atomic mass is 10.2. The van der Waals surface area contributed by atoms with E-state index in [0.29, 0.717) is 17.8 Å². The van der Waals surface area contributed by atoms with E-state index < -0.39 is 0 Å². The van der Waals surface area contributed by atoms with Gasteiger partial charge >= 0.3 is 0 Å². The van der Waals surface area contributed by atoms with E-state index in [4.69, 9.17) is 10.2 Å². The first-order valence-electron chi connectivity index (χ1n) is 6.66. The molecule has 6 heteroatoms. The van der Waals surface area contributed by atoms with Gasteiger partial charge in [0.05, 0.1) is 6.54 Å². The summed E-state index contributed by atoms with van der Waals surface area (Å²) in [4.78, 5) is 17.6. The monoisotopic (exact) mass is 301 g/mol. The van der Waals surface area contributed by atoms with E-state index in [2.05, 4.69) is 17.2 Å². The van der Waals surface area contributed by atoms with Gasteiger partial charge in [-0.1, -0.05) is 6.92 Å². The summed E-state index contributed by atoms with van der Waals surface area (Å²) in [5.74, 6) is 0.0286. The summed E-state index contributed by atoms with van der Waals surface area (Å²) < 4.78 is 5.52. The van der Waals surface area contributed by atoms with E-state index >= 15 is 0 Å². The van der Waals surface area contributed by atoms with E-state index in [-0.39, 0.29) is 11.7 Å². The highest BCUT2D eigenvalue weighted by atomic mass is 32.1. The number of nitrogens with two attached hydrogens (primary N) is 1. The van der Waals surface area contributed by atoms with Crippen molar-refractivity contribution >= 4 is 33.9 Å². The number of benzene rings is 1. The first-order chi connectivity index (χ1) is 10.2. The number of hydrogen-bond acceptors (Lipinski definition) is 5. The zero-order chi connectivity index (χ0) is 14.8. The molecule has 3 aromatic rings. The summed E-state index contributed by atoms with van der Waals surface area (Å²) in [7, 11) is 0. The van der Waals surface area contributed by atoms with Crippen molar-refractivity contribution in [1.29, 1.82) is 0 Å². The van der Waals surface area contributed by atoms with Crippen molar-refractivity contribution in [1.82, 2.24) is 10.3 Å². The Kier molecular flexibility index (Phi) is 3.62. The molecule has 3 rings (SSSR count). The van der Waals surface area contributed by atoms with Crippen LogP contribution < -0.4 is 11.1 Å². The maximum atomic E-state index is 12.1. The number of hydrogen-bond donors (Lipinski definition) is 2. The average molecular weight is 301 g/mol. The van der Waals surface area contributed by atoms with Gasteiger partial charge in [-0.25, -0.2) is 4.98 Å². The van der Waals surface area contributed by atoms with E-state index in [0.717, 1.165) is 16.8 Å². The number of thiazole rings is 1. The first kappa shape index (κ1) is 13.6. The van der Waals surface area contributed by atoms with Gasteiger partial charge < -0.3 is 15.5 Å². The molecule has 0 atom stereocenters. The number of amides is 1. The Balaban J connectivity index is 1.71. The Morgan fingerprint density at radius 3 is 3.05 bits per heavy atom. The molecule has 2 aromatic heterocycles. The molecule has 0 aliphatic rings.